The number of hydrogen-bond donors (Lipinski definition) is 0. The molecule has 2 aliphatic heterocycles. The maximum absolute atomic E-state index is 13.8. The molecule has 2 saturated heterocycles. The van der Waals surface area contributed by atoms with Gasteiger partial charge in [-0.25, -0.2) is 9.59 Å². The quantitative estimate of drug-likeness (QED) is 0.0244. The Morgan fingerprint density at radius 1 is 0.708 bits per heavy atom. The van der Waals surface area contributed by atoms with Gasteiger partial charge in [0, 0.05) is 55.1 Å². The van der Waals surface area contributed by atoms with Crippen LogP contribution in [0.1, 0.15) is 120 Å². The summed E-state index contributed by atoms with van der Waals surface area (Å²) in [5.41, 5.74) is 0.755. The molecule has 0 bridgehead atoms. The maximum Gasteiger partial charge on any atom is 0.330 e. The number of unbranched alkanes of at least 4 members (excludes halogenated alkanes) is 1. The predicted molar refractivity (Wildman–Crippen MR) is 306 cm³/mol. The highest BCUT2D eigenvalue weighted by molar-refractivity contribution is 6.77. The molecule has 2 aliphatic rings. The molecule has 0 radical (unpaired) electrons. The summed E-state index contributed by atoms with van der Waals surface area (Å²) in [5, 5.41) is -0.000352. The molecule has 72 heavy (non-hydrogen) atoms. The molecule has 0 unspecified atom stereocenters. The van der Waals surface area contributed by atoms with E-state index in [4.69, 9.17) is 32.8 Å². The third kappa shape index (κ3) is 25.2. The van der Waals surface area contributed by atoms with Gasteiger partial charge in [0.2, 0.25) is 0 Å². The zero-order chi connectivity index (χ0) is 54.8. The first-order chi connectivity index (χ1) is 33.1. The lowest BCUT2D eigenvalue weighted by Gasteiger charge is -2.53. The van der Waals surface area contributed by atoms with E-state index in [0.717, 1.165) is 43.0 Å². The molecule has 2 fully saturated rings. The largest absolute Gasteiger partial charge is 0.466 e. The minimum Gasteiger partial charge on any atom is -0.466 e. The van der Waals surface area contributed by atoms with E-state index in [1.54, 1.807) is 6.08 Å². The van der Waals surface area contributed by atoms with E-state index in [0.29, 0.717) is 57.5 Å². The van der Waals surface area contributed by atoms with Gasteiger partial charge in [0.15, 0.2) is 14.1 Å². The van der Waals surface area contributed by atoms with Crippen LogP contribution in [0.4, 0.5) is 0 Å². The molecule has 11 nitrogen and oxygen atoms in total. The zero-order valence-electron chi connectivity index (χ0n) is 48.8. The highest BCUT2D eigenvalue weighted by atomic mass is 28.4. The zero-order valence-corrected chi connectivity index (χ0v) is 52.8. The molecule has 412 valence electrons. The van der Waals surface area contributed by atoms with Gasteiger partial charge in [0.05, 0.1) is 44.9 Å². The molecular formula is C57H102O11Si4. The molecule has 0 aromatic carbocycles. The van der Waals surface area contributed by atoms with Gasteiger partial charge in [-0.2, -0.15) is 0 Å². The molecular weight excluding hydrogens is 973 g/mol. The Hall–Kier alpha value is -2.67. The number of hydrogen-bond acceptors (Lipinski definition) is 11. The van der Waals surface area contributed by atoms with Gasteiger partial charge in [-0.05, 0) is 93.7 Å². The first-order valence-electron chi connectivity index (χ1n) is 27.2. The van der Waals surface area contributed by atoms with Crippen molar-refractivity contribution in [2.75, 3.05) is 19.8 Å². The summed E-state index contributed by atoms with van der Waals surface area (Å²) in [5.74, 6) is -2.30. The van der Waals surface area contributed by atoms with Gasteiger partial charge in [-0.1, -0.05) is 149 Å². The second-order valence-electron chi connectivity index (χ2n) is 26.1. The highest BCUT2D eigenvalue weighted by Crippen LogP contribution is 2.48. The van der Waals surface area contributed by atoms with Crippen molar-refractivity contribution in [2.24, 2.45) is 11.8 Å². The number of carbonyl (C=O) groups is 4. The van der Waals surface area contributed by atoms with Crippen LogP contribution >= 0.6 is 0 Å². The maximum atomic E-state index is 13.8. The number of esters is 4. The second-order valence-corrected chi connectivity index (χ2v) is 47.7. The smallest absolute Gasteiger partial charge is 0.330 e. The van der Waals surface area contributed by atoms with E-state index >= 15 is 0 Å². The van der Waals surface area contributed by atoms with Gasteiger partial charge in [0.1, 0.15) is 11.7 Å². The van der Waals surface area contributed by atoms with E-state index in [-0.39, 0.29) is 47.9 Å². The van der Waals surface area contributed by atoms with Gasteiger partial charge in [0.25, 0.3) is 0 Å². The van der Waals surface area contributed by atoms with E-state index < -0.39 is 67.9 Å². The molecule has 7 atom stereocenters. The van der Waals surface area contributed by atoms with Crippen molar-refractivity contribution in [3.8, 4) is 0 Å². The van der Waals surface area contributed by atoms with Crippen LogP contribution in [0.3, 0.4) is 0 Å². The number of ether oxygens (including phenoxy) is 6. The molecule has 1 spiro atoms. The first kappa shape index (κ1) is 65.4. The molecule has 0 aromatic heterocycles. The summed E-state index contributed by atoms with van der Waals surface area (Å²) in [6.07, 6.45) is 19.5. The predicted octanol–water partition coefficient (Wildman–Crippen LogP) is 14.6. The standard InChI is InChI=1S/C57H102O11Si4/c1-20-21-33-56(67-53(60)31-30-52(59)63-38-41-70(12,13)14)35-36-57(66-50(56)28-24-45(3)43-54(61)64-39-42-71(15,16)17)34-32-47(5)48(65-57)26-22-44(2)23-27-49(68-72(18,19)55(6,7)8)46(4)25-29-51(58)62-37-40-69(9,10)11/h22-25,27-29,43,46-50H,20-21,26,30-42H2,1-19H3/b27-23+,28-24+,29-25+,44-22+,45-43+/t46-,47-,48+,49-,50-,56+,57-/m0/s1. The Morgan fingerprint density at radius 2 is 1.28 bits per heavy atom. The Kier molecular flexibility index (Phi) is 26.4. The number of allylic oxidation sites excluding steroid dienone is 4. The van der Waals surface area contributed by atoms with Crippen molar-refractivity contribution in [3.05, 3.63) is 59.8 Å². The van der Waals surface area contributed by atoms with Crippen molar-refractivity contribution in [2.45, 2.75) is 244 Å². The SMILES string of the molecule is CCCC[C@@]1(OC(=O)CCC(=O)OCC[Si](C)(C)C)CC[C@]2(CC[C@H](C)[C@@H](C/C=C(C)/C=C/[C@H](O[Si](C)(C)C(C)(C)C)[C@@H](C)/C=C/C(=O)OCC[Si](C)(C)C)O2)O[C@H]1/C=C/C(C)=C/C(=O)OCC[Si](C)(C)C. The summed E-state index contributed by atoms with van der Waals surface area (Å²) in [6.45, 7) is 43.0. The monoisotopic (exact) mass is 1070 g/mol. The van der Waals surface area contributed by atoms with E-state index in [2.05, 4.69) is 139 Å². The van der Waals surface area contributed by atoms with E-state index in [1.165, 1.54) is 6.08 Å². The van der Waals surface area contributed by atoms with Gasteiger partial charge < -0.3 is 32.8 Å². The first-order valence-corrected chi connectivity index (χ1v) is 41.3. The van der Waals surface area contributed by atoms with E-state index in [9.17, 15) is 19.2 Å². The number of rotatable bonds is 28. The lowest BCUT2D eigenvalue weighted by Crippen LogP contribution is -2.59. The van der Waals surface area contributed by atoms with Crippen molar-refractivity contribution in [3.63, 3.8) is 0 Å². The van der Waals surface area contributed by atoms with E-state index in [1.807, 2.05) is 25.2 Å². The van der Waals surface area contributed by atoms with Gasteiger partial charge in [-0.3, -0.25) is 9.59 Å². The van der Waals surface area contributed by atoms with Crippen molar-refractivity contribution >= 4 is 56.4 Å². The normalized spacial score (nSPS) is 24.0. The third-order valence-electron chi connectivity index (χ3n) is 14.3. The van der Waals surface area contributed by atoms with Crippen molar-refractivity contribution < 1.29 is 52.0 Å². The van der Waals surface area contributed by atoms with Crippen LogP contribution < -0.4 is 0 Å². The molecule has 0 aliphatic carbocycles. The molecule has 2 heterocycles. The van der Waals surface area contributed by atoms with Crippen LogP contribution in [0.5, 0.6) is 0 Å². The fourth-order valence-electron chi connectivity index (χ4n) is 7.99. The topological polar surface area (TPSA) is 133 Å². The van der Waals surface area contributed by atoms with Crippen LogP contribution in [-0.2, 0) is 52.0 Å². The van der Waals surface area contributed by atoms with Crippen LogP contribution in [0, 0.1) is 11.8 Å². The lowest BCUT2D eigenvalue weighted by molar-refractivity contribution is -0.344. The molecule has 15 heteroatoms. The van der Waals surface area contributed by atoms with Crippen LogP contribution in [0.2, 0.25) is 95.2 Å². The summed E-state index contributed by atoms with van der Waals surface area (Å²) < 4.78 is 44.3. The van der Waals surface area contributed by atoms with Crippen molar-refractivity contribution in [1.29, 1.82) is 0 Å². The minimum absolute atomic E-state index is 0.000352. The summed E-state index contributed by atoms with van der Waals surface area (Å²) in [6, 6.07) is 2.68. The molecule has 0 saturated carbocycles. The Morgan fingerprint density at radius 3 is 1.85 bits per heavy atom. The summed E-state index contributed by atoms with van der Waals surface area (Å²) in [4.78, 5) is 52.0. The fourth-order valence-corrected chi connectivity index (χ4v) is 11.5. The highest BCUT2D eigenvalue weighted by Gasteiger charge is 2.54. The molecule has 0 amide bonds. The van der Waals surface area contributed by atoms with Crippen LogP contribution in [-0.4, -0.2) is 106 Å². The average molecular weight is 1080 g/mol. The second kappa shape index (κ2) is 29.0. The van der Waals surface area contributed by atoms with Gasteiger partial charge in [-0.15, -0.1) is 0 Å². The van der Waals surface area contributed by atoms with Gasteiger partial charge >= 0.3 is 23.9 Å². The summed E-state index contributed by atoms with van der Waals surface area (Å²) >= 11 is 0. The molecule has 0 aromatic rings. The van der Waals surface area contributed by atoms with Crippen LogP contribution in [0.15, 0.2) is 59.8 Å². The molecule has 0 N–H and O–H groups in total. The third-order valence-corrected chi connectivity index (χ3v) is 23.9. The van der Waals surface area contributed by atoms with Crippen molar-refractivity contribution in [1.82, 2.24) is 0 Å². The lowest BCUT2D eigenvalue weighted by atomic mass is 9.78. The summed E-state index contributed by atoms with van der Waals surface area (Å²) in [7, 11) is -6.26. The number of carbonyl (C=O) groups excluding carboxylic acids is 4. The Bertz CT molecular complexity index is 1890. The fraction of sp³-hybridized carbons (Fsp3) is 0.754. The minimum atomic E-state index is -2.18. The average Bonchev–Trinajstić information content (AvgIpc) is 3.24. The Labute approximate surface area is 442 Å². The van der Waals surface area contributed by atoms with Crippen LogP contribution in [0.25, 0.3) is 0 Å². The molecule has 2 rings (SSSR count). The Balaban J connectivity index is 2.43.